The molecule has 0 saturated carbocycles. The summed E-state index contributed by atoms with van der Waals surface area (Å²) in [6.45, 7) is 6.14. The highest BCUT2D eigenvalue weighted by Crippen LogP contribution is 2.33. The lowest BCUT2D eigenvalue weighted by molar-refractivity contribution is -0.0656. The van der Waals surface area contributed by atoms with Crippen LogP contribution in [0.4, 0.5) is 4.39 Å². The first-order valence-corrected chi connectivity index (χ1v) is 10.2. The number of aryl methyl sites for hydroxylation is 1. The largest absolute Gasteiger partial charge is 0.370 e. The van der Waals surface area contributed by atoms with Gasteiger partial charge in [0.2, 0.25) is 10.0 Å². The Morgan fingerprint density at radius 1 is 1.15 bits per heavy atom. The molecule has 0 spiro atoms. The first-order valence-electron chi connectivity index (χ1n) is 8.61. The molecule has 1 aliphatic rings. The third-order valence-corrected chi connectivity index (χ3v) is 6.81. The molecule has 1 atom stereocenters. The van der Waals surface area contributed by atoms with E-state index in [1.54, 1.807) is 12.1 Å². The summed E-state index contributed by atoms with van der Waals surface area (Å²) < 4.78 is 46.9. The summed E-state index contributed by atoms with van der Waals surface area (Å²) in [6, 6.07) is 13.5. The summed E-state index contributed by atoms with van der Waals surface area (Å²) in [4.78, 5) is 0. The molecule has 1 heterocycles. The van der Waals surface area contributed by atoms with E-state index in [0.29, 0.717) is 0 Å². The molecule has 1 unspecified atom stereocenters. The normalized spacial score (nSPS) is 20.8. The van der Waals surface area contributed by atoms with Crippen molar-refractivity contribution in [2.45, 2.75) is 38.2 Å². The molecule has 1 aliphatic heterocycles. The van der Waals surface area contributed by atoms with Crippen molar-refractivity contribution in [3.8, 4) is 0 Å². The summed E-state index contributed by atoms with van der Waals surface area (Å²) >= 11 is 0. The fourth-order valence-corrected chi connectivity index (χ4v) is 5.28. The molecule has 26 heavy (non-hydrogen) atoms. The number of morpholine rings is 1. The summed E-state index contributed by atoms with van der Waals surface area (Å²) in [5, 5.41) is 0. The van der Waals surface area contributed by atoms with Gasteiger partial charge in [-0.3, -0.25) is 0 Å². The maximum absolute atomic E-state index is 13.2. The van der Waals surface area contributed by atoms with E-state index in [1.165, 1.54) is 16.4 Å². The van der Waals surface area contributed by atoms with Crippen molar-refractivity contribution in [2.24, 2.45) is 0 Å². The highest BCUT2D eigenvalue weighted by atomic mass is 32.2. The van der Waals surface area contributed by atoms with Gasteiger partial charge < -0.3 is 4.74 Å². The minimum absolute atomic E-state index is 0.0424. The summed E-state index contributed by atoms with van der Waals surface area (Å²) in [5.74, 6) is -0.367. The molecule has 2 aromatic carbocycles. The fourth-order valence-electron chi connectivity index (χ4n) is 3.24. The topological polar surface area (TPSA) is 46.6 Å². The molecule has 0 radical (unpaired) electrons. The predicted octanol–water partition coefficient (Wildman–Crippen LogP) is 3.82. The zero-order valence-corrected chi connectivity index (χ0v) is 16.1. The molecule has 1 saturated heterocycles. The number of nitrogens with zero attached hydrogens (tertiary/aromatic N) is 1. The van der Waals surface area contributed by atoms with Crippen molar-refractivity contribution in [2.75, 3.05) is 13.2 Å². The minimum atomic E-state index is -3.54. The van der Waals surface area contributed by atoms with Crippen LogP contribution in [0.2, 0.25) is 0 Å². The zero-order valence-electron chi connectivity index (χ0n) is 15.3. The Balaban J connectivity index is 1.87. The molecule has 0 N–H and O–H groups in total. The van der Waals surface area contributed by atoms with Crippen LogP contribution in [0, 0.1) is 12.7 Å². The van der Waals surface area contributed by atoms with Gasteiger partial charge in [-0.15, -0.1) is 0 Å². The molecule has 0 aliphatic carbocycles. The number of ether oxygens (including phenoxy) is 1. The first-order chi connectivity index (χ1) is 12.2. The van der Waals surface area contributed by atoms with Crippen LogP contribution in [-0.4, -0.2) is 31.4 Å². The lowest BCUT2D eigenvalue weighted by Gasteiger charge is -2.44. The molecule has 2 aromatic rings. The second kappa shape index (κ2) is 7.10. The third kappa shape index (κ3) is 3.98. The van der Waals surface area contributed by atoms with Gasteiger partial charge in [0, 0.05) is 6.54 Å². The molecule has 0 amide bonds. The Morgan fingerprint density at radius 3 is 2.46 bits per heavy atom. The second-order valence-electron chi connectivity index (χ2n) is 7.38. The van der Waals surface area contributed by atoms with Crippen LogP contribution in [0.5, 0.6) is 0 Å². The number of rotatable bonds is 4. The van der Waals surface area contributed by atoms with Gasteiger partial charge >= 0.3 is 0 Å². The van der Waals surface area contributed by atoms with Crippen molar-refractivity contribution >= 4 is 10.0 Å². The second-order valence-corrected chi connectivity index (χ2v) is 9.27. The lowest BCUT2D eigenvalue weighted by atomic mass is 10.0. The monoisotopic (exact) mass is 377 g/mol. The van der Waals surface area contributed by atoms with Crippen LogP contribution < -0.4 is 0 Å². The summed E-state index contributed by atoms with van der Waals surface area (Å²) in [6.07, 6.45) is -0.407. The molecule has 6 heteroatoms. The fraction of sp³-hybridized carbons (Fsp3) is 0.400. The first kappa shape index (κ1) is 19.0. The van der Waals surface area contributed by atoms with Gasteiger partial charge in [0.05, 0.1) is 24.0 Å². The number of sulfonamides is 1. The van der Waals surface area contributed by atoms with Gasteiger partial charge in [0.1, 0.15) is 5.82 Å². The van der Waals surface area contributed by atoms with E-state index in [9.17, 15) is 12.8 Å². The van der Waals surface area contributed by atoms with Crippen molar-refractivity contribution in [1.82, 2.24) is 4.31 Å². The number of hydrogen-bond acceptors (Lipinski definition) is 3. The molecule has 0 aromatic heterocycles. The highest BCUT2D eigenvalue weighted by molar-refractivity contribution is 7.88. The Labute approximate surface area is 154 Å². The standard InChI is InChI=1S/C20H24FNO3S/c1-15-6-4-5-7-17(15)13-26(23,24)22-12-19(25-14-20(22,2)3)16-8-10-18(21)11-9-16/h4-11,19H,12-14H2,1-3H3. The summed E-state index contributed by atoms with van der Waals surface area (Å²) in [7, 11) is -3.54. The average Bonchev–Trinajstić information content (AvgIpc) is 2.57. The maximum atomic E-state index is 13.2. The number of benzene rings is 2. The average molecular weight is 377 g/mol. The van der Waals surface area contributed by atoms with E-state index in [0.717, 1.165) is 16.7 Å². The Bertz CT molecular complexity index is 878. The van der Waals surface area contributed by atoms with Crippen LogP contribution in [0.1, 0.15) is 36.6 Å². The SMILES string of the molecule is Cc1ccccc1CS(=O)(=O)N1CC(c2ccc(F)cc2)OCC1(C)C. The quantitative estimate of drug-likeness (QED) is 0.814. The third-order valence-electron chi connectivity index (χ3n) is 4.82. The summed E-state index contributed by atoms with van der Waals surface area (Å²) in [5.41, 5.74) is 1.89. The molecule has 1 fully saturated rings. The van der Waals surface area contributed by atoms with Gasteiger partial charge in [-0.1, -0.05) is 36.4 Å². The molecule has 4 nitrogen and oxygen atoms in total. The zero-order chi connectivity index (χ0) is 18.9. The van der Waals surface area contributed by atoms with Crippen molar-refractivity contribution in [3.63, 3.8) is 0 Å². The van der Waals surface area contributed by atoms with E-state index in [-0.39, 0.29) is 24.7 Å². The highest BCUT2D eigenvalue weighted by Gasteiger charge is 2.42. The lowest BCUT2D eigenvalue weighted by Crippen LogP contribution is -2.56. The number of hydrogen-bond donors (Lipinski definition) is 0. The van der Waals surface area contributed by atoms with Crippen LogP contribution in [-0.2, 0) is 20.5 Å². The molecule has 0 bridgehead atoms. The van der Waals surface area contributed by atoms with Gasteiger partial charge in [-0.2, -0.15) is 4.31 Å². The molecule has 140 valence electrons. The Morgan fingerprint density at radius 2 is 1.81 bits per heavy atom. The van der Waals surface area contributed by atoms with E-state index in [2.05, 4.69) is 0 Å². The van der Waals surface area contributed by atoms with Gasteiger partial charge in [0.15, 0.2) is 0 Å². The van der Waals surface area contributed by atoms with Gasteiger partial charge in [0.25, 0.3) is 0 Å². The Hall–Kier alpha value is -1.76. The molecule has 3 rings (SSSR count). The Kier molecular flexibility index (Phi) is 5.19. The van der Waals surface area contributed by atoms with Crippen LogP contribution in [0.15, 0.2) is 48.5 Å². The van der Waals surface area contributed by atoms with Crippen LogP contribution >= 0.6 is 0 Å². The van der Waals surface area contributed by atoms with Gasteiger partial charge in [-0.05, 0) is 49.6 Å². The number of halogens is 1. The van der Waals surface area contributed by atoms with E-state index >= 15 is 0 Å². The molecular formula is C20H24FNO3S. The van der Waals surface area contributed by atoms with Gasteiger partial charge in [-0.25, -0.2) is 12.8 Å². The molecular weight excluding hydrogens is 353 g/mol. The smallest absolute Gasteiger partial charge is 0.218 e. The maximum Gasteiger partial charge on any atom is 0.218 e. The predicted molar refractivity (Wildman–Crippen MR) is 99.7 cm³/mol. The van der Waals surface area contributed by atoms with Crippen molar-refractivity contribution in [1.29, 1.82) is 0 Å². The van der Waals surface area contributed by atoms with Crippen LogP contribution in [0.25, 0.3) is 0 Å². The van der Waals surface area contributed by atoms with E-state index in [4.69, 9.17) is 4.74 Å². The van der Waals surface area contributed by atoms with Crippen LogP contribution in [0.3, 0.4) is 0 Å². The van der Waals surface area contributed by atoms with Crippen molar-refractivity contribution < 1.29 is 17.5 Å². The van der Waals surface area contributed by atoms with E-state index < -0.39 is 21.7 Å². The van der Waals surface area contributed by atoms with E-state index in [1.807, 2.05) is 45.0 Å². The minimum Gasteiger partial charge on any atom is -0.370 e. The van der Waals surface area contributed by atoms with Crippen molar-refractivity contribution in [3.05, 3.63) is 71.0 Å².